The van der Waals surface area contributed by atoms with E-state index in [2.05, 4.69) is 5.32 Å². The average Bonchev–Trinajstić information content (AvgIpc) is 2.62. The van der Waals surface area contributed by atoms with Crippen LogP contribution in [0.5, 0.6) is 0 Å². The smallest absolute Gasteiger partial charge is 0.239 e. The summed E-state index contributed by atoms with van der Waals surface area (Å²) in [6.07, 6.45) is 0.810. The summed E-state index contributed by atoms with van der Waals surface area (Å²) < 4.78 is 12.9. The van der Waals surface area contributed by atoms with E-state index in [0.717, 1.165) is 18.5 Å². The van der Waals surface area contributed by atoms with Gasteiger partial charge in [0.1, 0.15) is 5.82 Å². The lowest BCUT2D eigenvalue weighted by Gasteiger charge is -2.12. The highest BCUT2D eigenvalue weighted by atomic mass is 35.5. The molecule has 1 atom stereocenters. The minimum Gasteiger partial charge on any atom is -0.344 e. The summed E-state index contributed by atoms with van der Waals surface area (Å²) >= 11 is 5.68. The molecule has 5 heteroatoms. The van der Waals surface area contributed by atoms with Gasteiger partial charge in [-0.3, -0.25) is 4.79 Å². The second-order valence-electron chi connectivity index (χ2n) is 4.23. The van der Waals surface area contributed by atoms with Crippen LogP contribution in [0.3, 0.4) is 0 Å². The summed E-state index contributed by atoms with van der Waals surface area (Å²) in [6, 6.07) is 4.44. The Hall–Kier alpha value is -1.13. The first-order valence-corrected chi connectivity index (χ1v) is 5.88. The highest BCUT2D eigenvalue weighted by Crippen LogP contribution is 2.16. The maximum atomic E-state index is 12.9. The van der Waals surface area contributed by atoms with E-state index < -0.39 is 5.82 Å². The normalized spacial score (nSPS) is 20.1. The van der Waals surface area contributed by atoms with Crippen molar-refractivity contribution in [3.05, 3.63) is 34.6 Å². The molecule has 0 radical (unpaired) electrons. The fourth-order valence-corrected chi connectivity index (χ4v) is 2.11. The summed E-state index contributed by atoms with van der Waals surface area (Å²) in [5, 5.41) is 3.26. The van der Waals surface area contributed by atoms with Gasteiger partial charge in [0.15, 0.2) is 0 Å². The molecule has 0 aliphatic carbocycles. The van der Waals surface area contributed by atoms with Gasteiger partial charge in [0.05, 0.1) is 11.1 Å². The van der Waals surface area contributed by atoms with Gasteiger partial charge in [-0.2, -0.15) is 0 Å². The van der Waals surface area contributed by atoms with Crippen LogP contribution in [0.4, 0.5) is 4.39 Å². The standard InChI is InChI=1S/C12H14ClFN2O/c1-16-5-4-11(12(16)17)15-7-8-2-3-10(14)9(13)6-8/h2-3,6,11,15H,4-5,7H2,1H3. The average molecular weight is 257 g/mol. The zero-order chi connectivity index (χ0) is 12.4. The van der Waals surface area contributed by atoms with Gasteiger partial charge in [-0.05, 0) is 24.1 Å². The number of nitrogens with one attached hydrogen (secondary N) is 1. The molecule has 1 aromatic rings. The minimum absolute atomic E-state index is 0.109. The van der Waals surface area contributed by atoms with Gasteiger partial charge in [0.2, 0.25) is 5.91 Å². The topological polar surface area (TPSA) is 32.3 Å². The molecule has 1 N–H and O–H groups in total. The number of likely N-dealkylation sites (N-methyl/N-ethyl adjacent to an activating group) is 1. The van der Waals surface area contributed by atoms with Crippen LogP contribution in [0.15, 0.2) is 18.2 Å². The summed E-state index contributed by atoms with van der Waals surface area (Å²) in [6.45, 7) is 1.30. The first-order valence-electron chi connectivity index (χ1n) is 5.50. The van der Waals surface area contributed by atoms with Gasteiger partial charge in [0.25, 0.3) is 0 Å². The number of hydrogen-bond donors (Lipinski definition) is 1. The van der Waals surface area contributed by atoms with E-state index in [-0.39, 0.29) is 17.0 Å². The Morgan fingerprint density at radius 2 is 2.35 bits per heavy atom. The van der Waals surface area contributed by atoms with Crippen LogP contribution in [0.2, 0.25) is 5.02 Å². The van der Waals surface area contributed by atoms with Gasteiger partial charge in [-0.15, -0.1) is 0 Å². The number of carbonyl (C=O) groups excluding carboxylic acids is 1. The molecule has 0 saturated carbocycles. The Balaban J connectivity index is 1.94. The molecule has 2 rings (SSSR count). The Morgan fingerprint density at radius 1 is 1.59 bits per heavy atom. The molecular weight excluding hydrogens is 243 g/mol. The van der Waals surface area contributed by atoms with Gasteiger partial charge in [0, 0.05) is 20.1 Å². The van der Waals surface area contributed by atoms with E-state index in [9.17, 15) is 9.18 Å². The molecule has 1 fully saturated rings. The summed E-state index contributed by atoms with van der Waals surface area (Å²) in [5.41, 5.74) is 0.874. The van der Waals surface area contributed by atoms with Crippen LogP contribution >= 0.6 is 11.6 Å². The third-order valence-corrected chi connectivity index (χ3v) is 3.25. The van der Waals surface area contributed by atoms with Gasteiger partial charge >= 0.3 is 0 Å². The lowest BCUT2D eigenvalue weighted by molar-refractivity contribution is -0.128. The van der Waals surface area contributed by atoms with Crippen molar-refractivity contribution in [2.75, 3.05) is 13.6 Å². The van der Waals surface area contributed by atoms with E-state index in [4.69, 9.17) is 11.6 Å². The largest absolute Gasteiger partial charge is 0.344 e. The van der Waals surface area contributed by atoms with Crippen LogP contribution in [-0.2, 0) is 11.3 Å². The number of halogens is 2. The lowest BCUT2D eigenvalue weighted by Crippen LogP contribution is -2.36. The van der Waals surface area contributed by atoms with Crippen LogP contribution in [0.1, 0.15) is 12.0 Å². The van der Waals surface area contributed by atoms with Crippen molar-refractivity contribution in [1.82, 2.24) is 10.2 Å². The van der Waals surface area contributed by atoms with E-state index in [1.807, 2.05) is 0 Å². The van der Waals surface area contributed by atoms with Crippen LogP contribution in [-0.4, -0.2) is 30.4 Å². The molecule has 0 spiro atoms. The molecule has 1 amide bonds. The number of amides is 1. The highest BCUT2D eigenvalue weighted by Gasteiger charge is 2.28. The van der Waals surface area contributed by atoms with Gasteiger partial charge < -0.3 is 10.2 Å². The van der Waals surface area contributed by atoms with E-state index in [0.29, 0.717) is 6.54 Å². The van der Waals surface area contributed by atoms with E-state index >= 15 is 0 Å². The SMILES string of the molecule is CN1CCC(NCc2ccc(F)c(Cl)c2)C1=O. The molecule has 1 heterocycles. The fraction of sp³-hybridized carbons (Fsp3) is 0.417. The number of likely N-dealkylation sites (tertiary alicyclic amines) is 1. The Kier molecular flexibility index (Phi) is 3.64. The molecule has 1 aliphatic heterocycles. The maximum absolute atomic E-state index is 12.9. The fourth-order valence-electron chi connectivity index (χ4n) is 1.90. The van der Waals surface area contributed by atoms with Crippen molar-refractivity contribution < 1.29 is 9.18 Å². The zero-order valence-electron chi connectivity index (χ0n) is 9.54. The Bertz CT molecular complexity index is 439. The molecule has 92 valence electrons. The number of nitrogens with zero attached hydrogens (tertiary/aromatic N) is 1. The number of carbonyl (C=O) groups is 1. The van der Waals surface area contributed by atoms with Crippen molar-refractivity contribution in [3.63, 3.8) is 0 Å². The first kappa shape index (κ1) is 12.3. The molecule has 1 unspecified atom stereocenters. The number of rotatable bonds is 3. The molecule has 1 saturated heterocycles. The summed E-state index contributed by atoms with van der Waals surface area (Å²) in [7, 11) is 1.79. The lowest BCUT2D eigenvalue weighted by atomic mass is 10.2. The van der Waals surface area contributed by atoms with Crippen LogP contribution in [0.25, 0.3) is 0 Å². The molecular formula is C12H14ClFN2O. The second-order valence-corrected chi connectivity index (χ2v) is 4.64. The van der Waals surface area contributed by atoms with Crippen molar-refractivity contribution in [1.29, 1.82) is 0 Å². The molecule has 1 aromatic carbocycles. The third-order valence-electron chi connectivity index (χ3n) is 2.96. The summed E-state index contributed by atoms with van der Waals surface area (Å²) in [5.74, 6) is -0.315. The molecule has 1 aliphatic rings. The number of hydrogen-bond acceptors (Lipinski definition) is 2. The van der Waals surface area contributed by atoms with Crippen LogP contribution in [0, 0.1) is 5.82 Å². The Labute approximate surface area is 105 Å². The van der Waals surface area contributed by atoms with Crippen LogP contribution < -0.4 is 5.32 Å². The first-order chi connectivity index (χ1) is 8.08. The number of benzene rings is 1. The second kappa shape index (κ2) is 5.02. The van der Waals surface area contributed by atoms with E-state index in [1.165, 1.54) is 6.07 Å². The molecule has 17 heavy (non-hydrogen) atoms. The third kappa shape index (κ3) is 2.76. The molecule has 3 nitrogen and oxygen atoms in total. The predicted molar refractivity (Wildman–Crippen MR) is 64.3 cm³/mol. The van der Waals surface area contributed by atoms with Gasteiger partial charge in [-0.1, -0.05) is 17.7 Å². The monoisotopic (exact) mass is 256 g/mol. The van der Waals surface area contributed by atoms with Crippen molar-refractivity contribution >= 4 is 17.5 Å². The molecule has 0 aromatic heterocycles. The maximum Gasteiger partial charge on any atom is 0.239 e. The highest BCUT2D eigenvalue weighted by molar-refractivity contribution is 6.30. The predicted octanol–water partition coefficient (Wildman–Crippen LogP) is 1.80. The van der Waals surface area contributed by atoms with Crippen molar-refractivity contribution in [2.45, 2.75) is 19.0 Å². The van der Waals surface area contributed by atoms with Crippen molar-refractivity contribution in [2.24, 2.45) is 0 Å². The summed E-state index contributed by atoms with van der Waals surface area (Å²) in [4.78, 5) is 13.3. The zero-order valence-corrected chi connectivity index (χ0v) is 10.3. The Morgan fingerprint density at radius 3 is 2.94 bits per heavy atom. The van der Waals surface area contributed by atoms with Gasteiger partial charge in [-0.25, -0.2) is 4.39 Å². The van der Waals surface area contributed by atoms with Crippen molar-refractivity contribution in [3.8, 4) is 0 Å². The molecule has 0 bridgehead atoms. The minimum atomic E-state index is -0.424. The van der Waals surface area contributed by atoms with E-state index in [1.54, 1.807) is 24.1 Å². The quantitative estimate of drug-likeness (QED) is 0.895.